The summed E-state index contributed by atoms with van der Waals surface area (Å²) in [5, 5.41) is 0. The minimum Gasteiger partial charge on any atom is -0.208 e. The lowest BCUT2D eigenvalue weighted by molar-refractivity contribution is 0.789. The average Bonchev–Trinajstić information content (AvgIpc) is 3.98. The molecular formula is C60H43N3. The van der Waals surface area contributed by atoms with Gasteiger partial charge in [-0.1, -0.05) is 207 Å². The van der Waals surface area contributed by atoms with Crippen LogP contribution in [0.3, 0.4) is 0 Å². The van der Waals surface area contributed by atoms with E-state index in [-0.39, 0.29) is 5.41 Å². The van der Waals surface area contributed by atoms with Crippen LogP contribution < -0.4 is 0 Å². The second kappa shape index (κ2) is 14.7. The highest BCUT2D eigenvalue weighted by atomic mass is 15.0. The van der Waals surface area contributed by atoms with E-state index in [1.807, 2.05) is 18.2 Å². The fourth-order valence-electron chi connectivity index (χ4n) is 10.8. The van der Waals surface area contributed by atoms with Crippen molar-refractivity contribution in [2.75, 3.05) is 0 Å². The standard InChI is InChI=1S/C60H43N3/c1-3-16-51-45(4-2)49-22-10-12-26-52(49)60(51)53-27-13-11-23-50(53)56-47(25-15-28-54(56)60)39-31-35-42(36-32-39)59-62-57(40-17-6-5-7-18-40)61-58(63-59)41-33-29-38(30-34-41)46-24-14-20-44-37-43-19-8-9-21-48(43)55(44)46/h4-36H,3,37H2,1-2H3/b45-4-,51-16+. The first-order valence-electron chi connectivity index (χ1n) is 22.1. The lowest BCUT2D eigenvalue weighted by Gasteiger charge is -2.31. The Morgan fingerprint density at radius 2 is 0.873 bits per heavy atom. The predicted octanol–water partition coefficient (Wildman–Crippen LogP) is 14.8. The third-order valence-electron chi connectivity index (χ3n) is 13.5. The zero-order valence-electron chi connectivity index (χ0n) is 35.3. The SMILES string of the molecule is C/C=C1\C(=C/CC)C2(c3ccccc31)c1ccccc1-c1c(-c3ccc(-c4nc(-c5ccccc5)nc(-c5ccc(-c6cccc7c6-c6ccccc6C7)cc5)n4)cc3)cccc12. The van der Waals surface area contributed by atoms with E-state index >= 15 is 0 Å². The molecule has 1 heterocycles. The molecule has 0 N–H and O–H groups in total. The maximum absolute atomic E-state index is 5.16. The van der Waals surface area contributed by atoms with E-state index in [1.165, 1.54) is 83.5 Å². The highest BCUT2D eigenvalue weighted by molar-refractivity contribution is 6.03. The van der Waals surface area contributed by atoms with Crippen LogP contribution in [-0.4, -0.2) is 15.0 Å². The van der Waals surface area contributed by atoms with Gasteiger partial charge < -0.3 is 0 Å². The van der Waals surface area contributed by atoms with Crippen molar-refractivity contribution in [3.8, 4) is 78.7 Å². The van der Waals surface area contributed by atoms with Crippen LogP contribution in [0, 0.1) is 0 Å². The van der Waals surface area contributed by atoms with Crippen LogP contribution in [0.5, 0.6) is 0 Å². The van der Waals surface area contributed by atoms with Gasteiger partial charge in [-0.3, -0.25) is 0 Å². The average molecular weight is 806 g/mol. The zero-order chi connectivity index (χ0) is 42.1. The van der Waals surface area contributed by atoms with Gasteiger partial charge >= 0.3 is 0 Å². The number of allylic oxidation sites excluding steroid dienone is 4. The Morgan fingerprint density at radius 3 is 1.51 bits per heavy atom. The molecule has 9 aromatic rings. The fraction of sp³-hybridized carbons (Fsp3) is 0.0833. The number of fused-ring (bicyclic) bond motifs is 10. The molecular weight excluding hydrogens is 763 g/mol. The minimum atomic E-state index is -0.379. The summed E-state index contributed by atoms with van der Waals surface area (Å²) in [6.45, 7) is 4.43. The largest absolute Gasteiger partial charge is 0.208 e. The third-order valence-corrected chi connectivity index (χ3v) is 13.5. The molecule has 0 radical (unpaired) electrons. The van der Waals surface area contributed by atoms with E-state index in [9.17, 15) is 0 Å². The van der Waals surface area contributed by atoms with Gasteiger partial charge in [0.2, 0.25) is 0 Å². The molecule has 63 heavy (non-hydrogen) atoms. The number of hydrogen-bond donors (Lipinski definition) is 0. The van der Waals surface area contributed by atoms with E-state index in [2.05, 4.69) is 196 Å². The van der Waals surface area contributed by atoms with Crippen LogP contribution in [0.25, 0.3) is 84.2 Å². The Kier molecular flexibility index (Phi) is 8.65. The molecule has 0 bridgehead atoms. The van der Waals surface area contributed by atoms with Crippen molar-refractivity contribution in [2.24, 2.45) is 0 Å². The first-order valence-corrected chi connectivity index (χ1v) is 22.1. The molecule has 3 nitrogen and oxygen atoms in total. The van der Waals surface area contributed by atoms with Gasteiger partial charge in [0.05, 0.1) is 5.41 Å². The Morgan fingerprint density at radius 1 is 0.413 bits per heavy atom. The second-order valence-corrected chi connectivity index (χ2v) is 16.8. The molecule has 1 unspecified atom stereocenters. The molecule has 3 aliphatic rings. The quantitative estimate of drug-likeness (QED) is 0.168. The zero-order valence-corrected chi connectivity index (χ0v) is 35.3. The number of rotatable bonds is 6. The van der Waals surface area contributed by atoms with Crippen LogP contribution in [0.2, 0.25) is 0 Å². The maximum atomic E-state index is 5.16. The van der Waals surface area contributed by atoms with Gasteiger partial charge in [-0.25, -0.2) is 15.0 Å². The summed E-state index contributed by atoms with van der Waals surface area (Å²) < 4.78 is 0. The summed E-state index contributed by atoms with van der Waals surface area (Å²) in [7, 11) is 0. The summed E-state index contributed by atoms with van der Waals surface area (Å²) >= 11 is 0. The molecule has 0 amide bonds. The van der Waals surface area contributed by atoms with Crippen molar-refractivity contribution in [3.05, 3.63) is 239 Å². The molecule has 1 atom stereocenters. The number of aromatic nitrogens is 3. The third kappa shape index (κ3) is 5.63. The molecule has 8 aromatic carbocycles. The van der Waals surface area contributed by atoms with E-state index < -0.39 is 0 Å². The van der Waals surface area contributed by atoms with Crippen LogP contribution in [-0.2, 0) is 11.8 Å². The van der Waals surface area contributed by atoms with E-state index in [0.29, 0.717) is 17.5 Å². The second-order valence-electron chi connectivity index (χ2n) is 16.8. The summed E-state index contributed by atoms with van der Waals surface area (Å²) in [5.41, 5.74) is 23.4. The van der Waals surface area contributed by atoms with Gasteiger partial charge in [0.1, 0.15) is 0 Å². The first-order chi connectivity index (χ1) is 31.1. The number of nitrogens with zero attached hydrogens (tertiary/aromatic N) is 3. The molecule has 298 valence electrons. The van der Waals surface area contributed by atoms with Gasteiger partial charge in [-0.15, -0.1) is 0 Å². The fourth-order valence-corrected chi connectivity index (χ4v) is 10.8. The topological polar surface area (TPSA) is 38.7 Å². The Bertz CT molecular complexity index is 3340. The number of benzene rings is 8. The van der Waals surface area contributed by atoms with Crippen molar-refractivity contribution in [2.45, 2.75) is 32.1 Å². The van der Waals surface area contributed by atoms with Crippen molar-refractivity contribution < 1.29 is 0 Å². The Labute approximate surface area is 368 Å². The smallest absolute Gasteiger partial charge is 0.164 e. The summed E-state index contributed by atoms with van der Waals surface area (Å²) in [5.74, 6) is 1.94. The van der Waals surface area contributed by atoms with Crippen LogP contribution in [0.15, 0.2) is 206 Å². The predicted molar refractivity (Wildman–Crippen MR) is 259 cm³/mol. The molecule has 3 heteroatoms. The monoisotopic (exact) mass is 805 g/mol. The maximum Gasteiger partial charge on any atom is 0.164 e. The molecule has 3 aliphatic carbocycles. The van der Waals surface area contributed by atoms with Crippen molar-refractivity contribution >= 4 is 5.57 Å². The molecule has 0 saturated heterocycles. The minimum absolute atomic E-state index is 0.379. The van der Waals surface area contributed by atoms with Gasteiger partial charge in [-0.2, -0.15) is 0 Å². The van der Waals surface area contributed by atoms with Crippen LogP contribution >= 0.6 is 0 Å². The van der Waals surface area contributed by atoms with Crippen molar-refractivity contribution in [3.63, 3.8) is 0 Å². The van der Waals surface area contributed by atoms with Gasteiger partial charge in [0.25, 0.3) is 0 Å². The van der Waals surface area contributed by atoms with Crippen LogP contribution in [0.1, 0.15) is 53.6 Å². The lowest BCUT2D eigenvalue weighted by Crippen LogP contribution is -2.26. The Balaban J connectivity index is 0.948. The summed E-state index contributed by atoms with van der Waals surface area (Å²) in [4.78, 5) is 15.3. The number of hydrogen-bond acceptors (Lipinski definition) is 3. The molecule has 0 fully saturated rings. The van der Waals surface area contributed by atoms with Gasteiger partial charge in [-0.05, 0) is 109 Å². The molecule has 12 rings (SSSR count). The van der Waals surface area contributed by atoms with E-state index in [1.54, 1.807) is 0 Å². The molecule has 0 saturated carbocycles. The van der Waals surface area contributed by atoms with Crippen LogP contribution in [0.4, 0.5) is 0 Å². The lowest BCUT2D eigenvalue weighted by atomic mass is 9.70. The van der Waals surface area contributed by atoms with Gasteiger partial charge in [0.15, 0.2) is 17.5 Å². The molecule has 1 spiro atoms. The van der Waals surface area contributed by atoms with E-state index in [4.69, 9.17) is 15.0 Å². The first kappa shape index (κ1) is 37.0. The van der Waals surface area contributed by atoms with E-state index in [0.717, 1.165) is 35.1 Å². The highest BCUT2D eigenvalue weighted by Crippen LogP contribution is 2.65. The Hall–Kier alpha value is -7.75. The molecule has 1 aromatic heterocycles. The molecule has 0 aliphatic heterocycles. The summed E-state index contributed by atoms with van der Waals surface area (Å²) in [6.07, 6.45) is 6.69. The van der Waals surface area contributed by atoms with Crippen molar-refractivity contribution in [1.29, 1.82) is 0 Å². The highest BCUT2D eigenvalue weighted by Gasteiger charge is 2.53. The van der Waals surface area contributed by atoms with Gasteiger partial charge in [0, 0.05) is 16.7 Å². The normalized spacial score (nSPS) is 16.5. The van der Waals surface area contributed by atoms with Crippen molar-refractivity contribution in [1.82, 2.24) is 15.0 Å². The summed E-state index contributed by atoms with van der Waals surface area (Å²) in [6, 6.07) is 68.1.